The van der Waals surface area contributed by atoms with Crippen LogP contribution in [0.4, 0.5) is 0 Å². The van der Waals surface area contributed by atoms with Crippen LogP contribution in [-0.4, -0.2) is 20.9 Å². The molecule has 0 bridgehead atoms. The van der Waals surface area contributed by atoms with Gasteiger partial charge >= 0.3 is 0 Å². The molecule has 2 aromatic rings. The number of halogens is 1. The van der Waals surface area contributed by atoms with Gasteiger partial charge in [0.15, 0.2) is 0 Å². The molecule has 1 aromatic carbocycles. The fourth-order valence-electron chi connectivity index (χ4n) is 1.95. The number of benzene rings is 1. The number of nitrogens with two attached hydrogens (primary N) is 1. The fourth-order valence-corrected chi connectivity index (χ4v) is 2.99. The number of carbonyl (C=O) groups excluding carboxylic acids is 1. The molecule has 0 fully saturated rings. The highest BCUT2D eigenvalue weighted by molar-refractivity contribution is 7.89. The lowest BCUT2D eigenvalue weighted by Crippen LogP contribution is -2.24. The van der Waals surface area contributed by atoms with Gasteiger partial charge in [-0.15, -0.1) is 12.4 Å². The summed E-state index contributed by atoms with van der Waals surface area (Å²) < 4.78 is 31.2. The average Bonchev–Trinajstić information content (AvgIpc) is 3.02. The van der Waals surface area contributed by atoms with Crippen LogP contribution in [0.2, 0.25) is 0 Å². The molecule has 24 heavy (non-hydrogen) atoms. The third-order valence-corrected chi connectivity index (χ3v) is 4.70. The van der Waals surface area contributed by atoms with Crippen molar-refractivity contribution in [1.29, 1.82) is 0 Å². The number of furan rings is 1. The topological polar surface area (TPSA) is 114 Å². The van der Waals surface area contributed by atoms with E-state index in [2.05, 4.69) is 10.0 Å². The standard InChI is InChI=1S/C15H19N3O4S.ClH/c1-2-18-23(20,21)14-5-3-11(4-6-14)9-17-15(19)12-7-13(8-16)22-10-12;/h3-7,10,18H,2,8-9,16H2,1H3,(H,17,19);1H. The van der Waals surface area contributed by atoms with Crippen LogP contribution in [0, 0.1) is 0 Å². The van der Waals surface area contributed by atoms with E-state index in [1.54, 1.807) is 25.1 Å². The zero-order valence-electron chi connectivity index (χ0n) is 13.1. The maximum Gasteiger partial charge on any atom is 0.254 e. The first kappa shape index (κ1) is 20.2. The monoisotopic (exact) mass is 373 g/mol. The van der Waals surface area contributed by atoms with Crippen LogP contribution in [0.1, 0.15) is 28.6 Å². The van der Waals surface area contributed by atoms with E-state index in [1.165, 1.54) is 18.4 Å². The van der Waals surface area contributed by atoms with Crippen molar-refractivity contribution in [2.75, 3.05) is 6.54 Å². The molecule has 0 saturated carbocycles. The van der Waals surface area contributed by atoms with Crippen LogP contribution in [0.5, 0.6) is 0 Å². The quantitative estimate of drug-likeness (QED) is 0.678. The van der Waals surface area contributed by atoms with Crippen LogP contribution in [0.15, 0.2) is 45.9 Å². The molecule has 0 aliphatic heterocycles. The molecule has 0 atom stereocenters. The van der Waals surface area contributed by atoms with Crippen molar-refractivity contribution in [3.8, 4) is 0 Å². The van der Waals surface area contributed by atoms with Crippen LogP contribution in [0.3, 0.4) is 0 Å². The minimum absolute atomic E-state index is 0. The van der Waals surface area contributed by atoms with E-state index in [0.717, 1.165) is 5.56 Å². The number of carbonyl (C=O) groups is 1. The van der Waals surface area contributed by atoms with Gasteiger partial charge in [-0.2, -0.15) is 0 Å². The molecule has 0 unspecified atom stereocenters. The summed E-state index contributed by atoms with van der Waals surface area (Å²) in [6.07, 6.45) is 1.35. The highest BCUT2D eigenvalue weighted by Crippen LogP contribution is 2.11. The van der Waals surface area contributed by atoms with E-state index < -0.39 is 10.0 Å². The van der Waals surface area contributed by atoms with E-state index in [1.807, 2.05) is 0 Å². The Morgan fingerprint density at radius 3 is 2.46 bits per heavy atom. The van der Waals surface area contributed by atoms with Crippen molar-refractivity contribution < 1.29 is 17.6 Å². The second kappa shape index (κ2) is 8.84. The predicted octanol–water partition coefficient (Wildman–Crippen LogP) is 1.39. The summed E-state index contributed by atoms with van der Waals surface area (Å²) in [5.74, 6) is 0.255. The Labute approximate surface area is 147 Å². The number of nitrogens with one attached hydrogen (secondary N) is 2. The van der Waals surface area contributed by atoms with Gasteiger partial charge in [-0.3, -0.25) is 4.79 Å². The van der Waals surface area contributed by atoms with E-state index in [0.29, 0.717) is 17.9 Å². The smallest absolute Gasteiger partial charge is 0.254 e. The molecule has 4 N–H and O–H groups in total. The summed E-state index contributed by atoms with van der Waals surface area (Å²) in [5.41, 5.74) is 6.61. The van der Waals surface area contributed by atoms with E-state index in [-0.39, 0.29) is 36.3 Å². The van der Waals surface area contributed by atoms with Crippen molar-refractivity contribution >= 4 is 28.3 Å². The largest absolute Gasteiger partial charge is 0.467 e. The van der Waals surface area contributed by atoms with Crippen LogP contribution in [-0.2, 0) is 23.1 Å². The first-order valence-corrected chi connectivity index (χ1v) is 8.59. The zero-order chi connectivity index (χ0) is 16.9. The van der Waals surface area contributed by atoms with Gasteiger partial charge in [-0.05, 0) is 23.8 Å². The second-order valence-corrected chi connectivity index (χ2v) is 6.60. The molecule has 1 heterocycles. The van der Waals surface area contributed by atoms with Crippen LogP contribution < -0.4 is 15.8 Å². The molecule has 1 amide bonds. The summed E-state index contributed by atoms with van der Waals surface area (Å²) in [6.45, 7) is 2.56. The van der Waals surface area contributed by atoms with Crippen LogP contribution >= 0.6 is 12.4 Å². The molecular formula is C15H20ClN3O4S. The van der Waals surface area contributed by atoms with Crippen LogP contribution in [0.25, 0.3) is 0 Å². The van der Waals surface area contributed by atoms with E-state index >= 15 is 0 Å². The van der Waals surface area contributed by atoms with Crippen molar-refractivity contribution in [1.82, 2.24) is 10.0 Å². The van der Waals surface area contributed by atoms with E-state index in [9.17, 15) is 13.2 Å². The maximum absolute atomic E-state index is 11.9. The minimum atomic E-state index is -3.46. The second-order valence-electron chi connectivity index (χ2n) is 4.83. The third-order valence-electron chi connectivity index (χ3n) is 3.14. The molecule has 0 spiro atoms. The molecule has 0 aliphatic rings. The Morgan fingerprint density at radius 1 is 1.25 bits per heavy atom. The first-order chi connectivity index (χ1) is 11.0. The molecule has 9 heteroatoms. The first-order valence-electron chi connectivity index (χ1n) is 7.10. The molecule has 132 valence electrons. The average molecular weight is 374 g/mol. The van der Waals surface area contributed by atoms with Gasteiger partial charge < -0.3 is 15.5 Å². The van der Waals surface area contributed by atoms with E-state index in [4.69, 9.17) is 10.2 Å². The van der Waals surface area contributed by atoms with Gasteiger partial charge in [0.2, 0.25) is 10.0 Å². The molecule has 7 nitrogen and oxygen atoms in total. The molecular weight excluding hydrogens is 354 g/mol. The van der Waals surface area contributed by atoms with Gasteiger partial charge in [0, 0.05) is 13.1 Å². The SMILES string of the molecule is CCNS(=O)(=O)c1ccc(CNC(=O)c2coc(CN)c2)cc1.Cl. The number of hydrogen-bond donors (Lipinski definition) is 3. The lowest BCUT2D eigenvalue weighted by atomic mass is 10.2. The predicted molar refractivity (Wildman–Crippen MR) is 92.3 cm³/mol. The summed E-state index contributed by atoms with van der Waals surface area (Å²) >= 11 is 0. The molecule has 0 radical (unpaired) electrons. The van der Waals surface area contributed by atoms with Gasteiger partial charge in [0.1, 0.15) is 12.0 Å². The fraction of sp³-hybridized carbons (Fsp3) is 0.267. The number of rotatable bonds is 7. The van der Waals surface area contributed by atoms with Gasteiger partial charge in [-0.1, -0.05) is 19.1 Å². The van der Waals surface area contributed by atoms with Gasteiger partial charge in [-0.25, -0.2) is 13.1 Å². The van der Waals surface area contributed by atoms with Crippen molar-refractivity contribution in [3.05, 3.63) is 53.5 Å². The lowest BCUT2D eigenvalue weighted by Gasteiger charge is -2.07. The summed E-state index contributed by atoms with van der Waals surface area (Å²) in [4.78, 5) is 12.1. The Bertz CT molecular complexity index is 772. The Kier molecular flexibility index (Phi) is 7.43. The number of amides is 1. The highest BCUT2D eigenvalue weighted by Gasteiger charge is 2.12. The zero-order valence-corrected chi connectivity index (χ0v) is 14.7. The van der Waals surface area contributed by atoms with Crippen molar-refractivity contribution in [3.63, 3.8) is 0 Å². The Balaban J connectivity index is 0.00000288. The molecule has 1 aromatic heterocycles. The molecule has 0 saturated heterocycles. The molecule has 0 aliphatic carbocycles. The Morgan fingerprint density at radius 2 is 1.92 bits per heavy atom. The maximum atomic E-state index is 11.9. The summed E-state index contributed by atoms with van der Waals surface area (Å²) in [7, 11) is -3.46. The summed E-state index contributed by atoms with van der Waals surface area (Å²) in [5, 5.41) is 2.73. The molecule has 2 rings (SSSR count). The number of hydrogen-bond acceptors (Lipinski definition) is 5. The summed E-state index contributed by atoms with van der Waals surface area (Å²) in [6, 6.07) is 7.91. The lowest BCUT2D eigenvalue weighted by molar-refractivity contribution is 0.0950. The highest BCUT2D eigenvalue weighted by atomic mass is 35.5. The van der Waals surface area contributed by atoms with Crippen molar-refractivity contribution in [2.24, 2.45) is 5.73 Å². The van der Waals surface area contributed by atoms with Gasteiger partial charge in [0.05, 0.1) is 17.0 Å². The van der Waals surface area contributed by atoms with Crippen molar-refractivity contribution in [2.45, 2.75) is 24.9 Å². The minimum Gasteiger partial charge on any atom is -0.467 e. The third kappa shape index (κ3) is 5.07. The number of sulfonamides is 1. The van der Waals surface area contributed by atoms with Gasteiger partial charge in [0.25, 0.3) is 5.91 Å². The Hall–Kier alpha value is -1.87. The normalized spacial score (nSPS) is 10.9.